The Bertz CT molecular complexity index is 219. The van der Waals surface area contributed by atoms with Crippen LogP contribution in [-0.4, -0.2) is 6.98 Å². The standard InChI is InChI=1S/C8H11BF3/c10-9(11,12)5-8-4-6-1-2-7(8)3-6/h5-7H,1-4H2/q-1/b8-5+. The van der Waals surface area contributed by atoms with Crippen molar-refractivity contribution in [1.82, 2.24) is 0 Å². The van der Waals surface area contributed by atoms with Gasteiger partial charge in [0, 0.05) is 0 Å². The minimum absolute atomic E-state index is 0.276. The van der Waals surface area contributed by atoms with Crippen LogP contribution < -0.4 is 0 Å². The van der Waals surface area contributed by atoms with Crippen molar-refractivity contribution >= 4 is 6.98 Å². The van der Waals surface area contributed by atoms with Crippen molar-refractivity contribution in [3.8, 4) is 0 Å². The van der Waals surface area contributed by atoms with Crippen molar-refractivity contribution < 1.29 is 12.9 Å². The van der Waals surface area contributed by atoms with Crippen LogP contribution in [0.25, 0.3) is 0 Å². The summed E-state index contributed by atoms with van der Waals surface area (Å²) in [4.78, 5) is 0. The van der Waals surface area contributed by atoms with Crippen LogP contribution in [-0.2, 0) is 0 Å². The van der Waals surface area contributed by atoms with Crippen molar-refractivity contribution in [2.24, 2.45) is 11.8 Å². The lowest BCUT2D eigenvalue weighted by molar-refractivity contribution is 0.493. The molecule has 0 heterocycles. The molecule has 0 radical (unpaired) electrons. The smallest absolute Gasteiger partial charge is 0.445 e. The number of allylic oxidation sites excluding steroid dienone is 1. The van der Waals surface area contributed by atoms with Gasteiger partial charge in [-0.25, -0.2) is 0 Å². The van der Waals surface area contributed by atoms with E-state index in [2.05, 4.69) is 0 Å². The van der Waals surface area contributed by atoms with Gasteiger partial charge in [0.05, 0.1) is 0 Å². The van der Waals surface area contributed by atoms with Gasteiger partial charge >= 0.3 is 6.98 Å². The normalized spacial score (nSPS) is 38.1. The van der Waals surface area contributed by atoms with Crippen molar-refractivity contribution in [2.45, 2.75) is 25.7 Å². The highest BCUT2D eigenvalue weighted by Gasteiger charge is 2.36. The molecule has 2 fully saturated rings. The quantitative estimate of drug-likeness (QED) is 0.537. The molecule has 0 spiro atoms. The highest BCUT2D eigenvalue weighted by molar-refractivity contribution is 6.64. The van der Waals surface area contributed by atoms with E-state index in [1.807, 2.05) is 0 Å². The minimum Gasteiger partial charge on any atom is -0.445 e. The van der Waals surface area contributed by atoms with E-state index in [0.717, 1.165) is 19.3 Å². The second-order valence-electron chi connectivity index (χ2n) is 3.95. The summed E-state index contributed by atoms with van der Waals surface area (Å²) in [5, 5.41) is 0. The predicted molar refractivity (Wildman–Crippen MR) is 42.6 cm³/mol. The summed E-state index contributed by atoms with van der Waals surface area (Å²) in [6.45, 7) is -4.69. The number of hydrogen-bond donors (Lipinski definition) is 0. The van der Waals surface area contributed by atoms with Crippen molar-refractivity contribution in [2.75, 3.05) is 0 Å². The van der Waals surface area contributed by atoms with Gasteiger partial charge in [-0.2, -0.15) is 0 Å². The summed E-state index contributed by atoms with van der Waals surface area (Å²) in [5.41, 5.74) is 0.679. The number of halogens is 3. The lowest BCUT2D eigenvalue weighted by Crippen LogP contribution is -2.13. The molecular formula is C8H11BF3-. The maximum atomic E-state index is 12.0. The molecule has 4 heteroatoms. The van der Waals surface area contributed by atoms with Crippen LogP contribution in [0.1, 0.15) is 25.7 Å². The zero-order chi connectivity index (χ0) is 8.77. The van der Waals surface area contributed by atoms with Crippen LogP contribution in [0.3, 0.4) is 0 Å². The molecule has 0 aromatic heterocycles. The van der Waals surface area contributed by atoms with E-state index in [1.54, 1.807) is 0 Å². The Morgan fingerprint density at radius 1 is 1.25 bits per heavy atom. The second kappa shape index (κ2) is 2.54. The fraction of sp³-hybridized carbons (Fsp3) is 0.750. The van der Waals surface area contributed by atoms with Crippen LogP contribution in [0.4, 0.5) is 12.9 Å². The molecule has 2 aliphatic carbocycles. The molecule has 2 unspecified atom stereocenters. The van der Waals surface area contributed by atoms with Crippen LogP contribution >= 0.6 is 0 Å². The van der Waals surface area contributed by atoms with Gasteiger partial charge < -0.3 is 12.9 Å². The first kappa shape index (κ1) is 8.20. The SMILES string of the molecule is F[B-](F)(F)/C=C1\CC2CCC1C2. The van der Waals surface area contributed by atoms with E-state index in [-0.39, 0.29) is 5.92 Å². The summed E-state index contributed by atoms with van der Waals surface area (Å²) < 4.78 is 36.1. The highest BCUT2D eigenvalue weighted by atomic mass is 19.4. The summed E-state index contributed by atoms with van der Waals surface area (Å²) in [5.74, 6) is 1.43. The van der Waals surface area contributed by atoms with Crippen molar-refractivity contribution in [3.05, 3.63) is 11.5 Å². The zero-order valence-corrected chi connectivity index (χ0v) is 6.77. The van der Waals surface area contributed by atoms with E-state index in [0.29, 0.717) is 23.9 Å². The van der Waals surface area contributed by atoms with E-state index < -0.39 is 6.98 Å². The van der Waals surface area contributed by atoms with Crippen molar-refractivity contribution in [1.29, 1.82) is 0 Å². The molecular weight excluding hydrogens is 164 g/mol. The zero-order valence-electron chi connectivity index (χ0n) is 6.77. The molecule has 2 rings (SSSR count). The number of rotatable bonds is 1. The average molecular weight is 175 g/mol. The molecule has 0 aromatic carbocycles. The Hall–Kier alpha value is -0.405. The maximum Gasteiger partial charge on any atom is 0.502 e. The number of hydrogen-bond acceptors (Lipinski definition) is 0. The molecule has 0 aromatic rings. The van der Waals surface area contributed by atoms with Gasteiger partial charge in [-0.3, -0.25) is 0 Å². The van der Waals surface area contributed by atoms with Crippen LogP contribution in [0.5, 0.6) is 0 Å². The van der Waals surface area contributed by atoms with E-state index in [4.69, 9.17) is 0 Å². The molecule has 2 atom stereocenters. The van der Waals surface area contributed by atoms with Crippen LogP contribution in [0, 0.1) is 11.8 Å². The molecule has 0 nitrogen and oxygen atoms in total. The van der Waals surface area contributed by atoms with Crippen LogP contribution in [0.15, 0.2) is 11.5 Å². The van der Waals surface area contributed by atoms with Gasteiger partial charge in [-0.1, -0.05) is 0 Å². The highest BCUT2D eigenvalue weighted by Crippen LogP contribution is 2.48. The topological polar surface area (TPSA) is 0 Å². The third-order valence-corrected chi connectivity index (χ3v) is 2.99. The Kier molecular flexibility index (Phi) is 1.74. The summed E-state index contributed by atoms with van der Waals surface area (Å²) in [6.07, 6.45) is 3.86. The van der Waals surface area contributed by atoms with E-state index in [9.17, 15) is 12.9 Å². The third-order valence-electron chi connectivity index (χ3n) is 2.99. The Morgan fingerprint density at radius 2 is 2.00 bits per heavy atom. The summed E-state index contributed by atoms with van der Waals surface area (Å²) in [6, 6.07) is 0. The van der Waals surface area contributed by atoms with Crippen LogP contribution in [0.2, 0.25) is 0 Å². The summed E-state index contributed by atoms with van der Waals surface area (Å²) >= 11 is 0. The lowest BCUT2D eigenvalue weighted by Gasteiger charge is -2.17. The Morgan fingerprint density at radius 3 is 2.42 bits per heavy atom. The van der Waals surface area contributed by atoms with E-state index in [1.165, 1.54) is 0 Å². The fourth-order valence-electron chi connectivity index (χ4n) is 2.54. The van der Waals surface area contributed by atoms with Gasteiger partial charge in [0.2, 0.25) is 0 Å². The van der Waals surface area contributed by atoms with Gasteiger partial charge in [0.25, 0.3) is 0 Å². The predicted octanol–water partition coefficient (Wildman–Crippen LogP) is 3.12. The molecule has 2 bridgehead atoms. The molecule has 68 valence electrons. The van der Waals surface area contributed by atoms with Gasteiger partial charge in [-0.05, 0) is 37.5 Å². The molecule has 2 aliphatic rings. The van der Waals surface area contributed by atoms with Gasteiger partial charge in [0.15, 0.2) is 0 Å². The largest absolute Gasteiger partial charge is 0.502 e. The monoisotopic (exact) mass is 175 g/mol. The maximum absolute atomic E-state index is 12.0. The van der Waals surface area contributed by atoms with Gasteiger partial charge in [0.1, 0.15) is 0 Å². The molecule has 0 N–H and O–H groups in total. The van der Waals surface area contributed by atoms with Gasteiger partial charge in [-0.15, -0.1) is 11.5 Å². The third kappa shape index (κ3) is 1.52. The first-order chi connectivity index (χ1) is 5.54. The minimum atomic E-state index is -4.69. The molecule has 12 heavy (non-hydrogen) atoms. The summed E-state index contributed by atoms with van der Waals surface area (Å²) in [7, 11) is 0. The fourth-order valence-corrected chi connectivity index (χ4v) is 2.54. The molecule has 2 saturated carbocycles. The van der Waals surface area contributed by atoms with Crippen molar-refractivity contribution in [3.63, 3.8) is 0 Å². The molecule has 0 aliphatic heterocycles. The average Bonchev–Trinajstić information content (AvgIpc) is 2.42. The number of fused-ring (bicyclic) bond motifs is 2. The Labute approximate surface area is 69.9 Å². The first-order valence-electron chi connectivity index (χ1n) is 4.46. The van der Waals surface area contributed by atoms with E-state index >= 15 is 0 Å². The lowest BCUT2D eigenvalue weighted by atomic mass is 9.82. The molecule has 0 saturated heterocycles. The first-order valence-corrected chi connectivity index (χ1v) is 4.46. The molecule has 0 amide bonds. The second-order valence-corrected chi connectivity index (χ2v) is 3.95. The Balaban J connectivity index is 2.12.